The third kappa shape index (κ3) is 4.37. The van der Waals surface area contributed by atoms with Gasteiger partial charge in [0.25, 0.3) is 0 Å². The van der Waals surface area contributed by atoms with Gasteiger partial charge in [-0.1, -0.05) is 89.5 Å². The second-order valence-electron chi connectivity index (χ2n) is 9.55. The van der Waals surface area contributed by atoms with Gasteiger partial charge in [0.05, 0.1) is 12.7 Å². The largest absolute Gasteiger partial charge is 0.372 e. The van der Waals surface area contributed by atoms with Gasteiger partial charge in [-0.15, -0.1) is 0 Å². The van der Waals surface area contributed by atoms with Gasteiger partial charge in [0, 0.05) is 17.0 Å². The first-order valence-electron chi connectivity index (χ1n) is 11.8. The predicted molar refractivity (Wildman–Crippen MR) is 132 cm³/mol. The highest BCUT2D eigenvalue weighted by Crippen LogP contribution is 2.45. The molecule has 3 aromatic rings. The Hall–Kier alpha value is -2.13. The molecule has 3 fully saturated rings. The van der Waals surface area contributed by atoms with Crippen LogP contribution in [0.2, 0.25) is 5.02 Å². The second-order valence-corrected chi connectivity index (χ2v) is 9.95. The van der Waals surface area contributed by atoms with Crippen LogP contribution in [0.25, 0.3) is 0 Å². The van der Waals surface area contributed by atoms with Crippen LogP contribution in [0.4, 0.5) is 0 Å². The molecule has 3 saturated heterocycles. The molecule has 0 aliphatic carbocycles. The number of hydrogen-bond donors (Lipinski definition) is 0. The van der Waals surface area contributed by atoms with E-state index in [-0.39, 0.29) is 18.1 Å². The molecular weight excluding hydrogens is 414 g/mol. The lowest BCUT2D eigenvalue weighted by molar-refractivity contribution is -0.120. The van der Waals surface area contributed by atoms with Gasteiger partial charge in [0.2, 0.25) is 0 Å². The van der Waals surface area contributed by atoms with Crippen molar-refractivity contribution in [1.82, 2.24) is 4.90 Å². The number of ether oxygens (including phenoxy) is 1. The normalized spacial score (nSPS) is 25.6. The number of rotatable bonds is 6. The molecule has 0 amide bonds. The first-order valence-corrected chi connectivity index (χ1v) is 12.2. The molecule has 3 aliphatic heterocycles. The molecule has 0 radical (unpaired) electrons. The molecule has 3 atom stereocenters. The van der Waals surface area contributed by atoms with E-state index in [4.69, 9.17) is 16.3 Å². The van der Waals surface area contributed by atoms with Gasteiger partial charge in [-0.25, -0.2) is 0 Å². The molecule has 2 nitrogen and oxygen atoms in total. The van der Waals surface area contributed by atoms with Gasteiger partial charge in [-0.3, -0.25) is 4.90 Å². The molecule has 166 valence electrons. The summed E-state index contributed by atoms with van der Waals surface area (Å²) in [5.74, 6) is 0.793. The zero-order valence-electron chi connectivity index (χ0n) is 19.0. The monoisotopic (exact) mass is 445 g/mol. The maximum Gasteiger partial charge on any atom is 0.0773 e. The highest BCUT2D eigenvalue weighted by atomic mass is 35.5. The summed E-state index contributed by atoms with van der Waals surface area (Å²) in [7, 11) is 0. The molecule has 0 unspecified atom stereocenters. The molecule has 3 heterocycles. The molecule has 6 rings (SSSR count). The van der Waals surface area contributed by atoms with Gasteiger partial charge in [-0.05, 0) is 68.5 Å². The zero-order valence-corrected chi connectivity index (χ0v) is 19.8. The maximum atomic E-state index is 6.80. The molecule has 0 saturated carbocycles. The minimum atomic E-state index is 0.192. The Morgan fingerprint density at radius 1 is 0.906 bits per heavy atom. The Morgan fingerprint density at radius 3 is 2.25 bits per heavy atom. The Labute approximate surface area is 197 Å². The molecule has 2 bridgehead atoms. The quantitative estimate of drug-likeness (QED) is 0.415. The van der Waals surface area contributed by atoms with Crippen LogP contribution < -0.4 is 0 Å². The van der Waals surface area contributed by atoms with Crippen molar-refractivity contribution >= 4 is 11.6 Å². The van der Waals surface area contributed by atoms with Crippen LogP contribution in [0.15, 0.2) is 72.8 Å². The van der Waals surface area contributed by atoms with Gasteiger partial charge >= 0.3 is 0 Å². The van der Waals surface area contributed by atoms with Crippen molar-refractivity contribution < 1.29 is 4.74 Å². The fourth-order valence-electron chi connectivity index (χ4n) is 5.96. The average molecular weight is 446 g/mol. The molecule has 3 aromatic carbocycles. The minimum Gasteiger partial charge on any atom is -0.372 e. The summed E-state index contributed by atoms with van der Waals surface area (Å²) in [6.07, 6.45) is 2.63. The van der Waals surface area contributed by atoms with Crippen LogP contribution in [0.1, 0.15) is 46.6 Å². The van der Waals surface area contributed by atoms with Crippen LogP contribution in [-0.2, 0) is 11.3 Å². The first kappa shape index (κ1) is 21.7. The van der Waals surface area contributed by atoms with Crippen LogP contribution >= 0.6 is 11.6 Å². The van der Waals surface area contributed by atoms with Gasteiger partial charge in [-0.2, -0.15) is 0 Å². The number of fused-ring (bicyclic) bond motifs is 3. The highest BCUT2D eigenvalue weighted by Gasteiger charge is 2.47. The molecule has 32 heavy (non-hydrogen) atoms. The maximum absolute atomic E-state index is 6.80. The van der Waals surface area contributed by atoms with Gasteiger partial charge < -0.3 is 4.74 Å². The van der Waals surface area contributed by atoms with E-state index in [9.17, 15) is 0 Å². The first-order chi connectivity index (χ1) is 15.6. The van der Waals surface area contributed by atoms with E-state index in [1.54, 1.807) is 0 Å². The molecule has 0 aromatic heterocycles. The van der Waals surface area contributed by atoms with Crippen molar-refractivity contribution in [3.8, 4) is 0 Å². The van der Waals surface area contributed by atoms with E-state index in [0.29, 0.717) is 12.5 Å². The fourth-order valence-corrected chi connectivity index (χ4v) is 6.21. The second kappa shape index (κ2) is 9.39. The third-order valence-corrected chi connectivity index (χ3v) is 7.61. The Bertz CT molecular complexity index is 1040. The average Bonchev–Trinajstić information content (AvgIpc) is 2.80. The van der Waals surface area contributed by atoms with Crippen molar-refractivity contribution in [3.05, 3.63) is 106 Å². The standard InChI is InChI=1S/C29H32ClNO/c1-20-16-21(2)18-22(17-20)19-32-29-24-12-14-31(15-13-24)28(29)27(23-8-4-3-5-9-23)25-10-6-7-11-26(25)30/h3-11,16-18,24,27-29H,12-15,19H2,1-2H3/t27-,28-,29-/m1/s1. The summed E-state index contributed by atoms with van der Waals surface area (Å²) in [6.45, 7) is 7.28. The minimum absolute atomic E-state index is 0.192. The van der Waals surface area contributed by atoms with Gasteiger partial charge in [0.15, 0.2) is 0 Å². The highest BCUT2D eigenvalue weighted by molar-refractivity contribution is 6.31. The number of nitrogens with zero attached hydrogens (tertiary/aromatic N) is 1. The lowest BCUT2D eigenvalue weighted by atomic mass is 9.72. The topological polar surface area (TPSA) is 12.5 Å². The van der Waals surface area contributed by atoms with Crippen LogP contribution in [0.5, 0.6) is 0 Å². The number of benzene rings is 3. The fraction of sp³-hybridized carbons (Fsp3) is 0.379. The molecule has 0 spiro atoms. The predicted octanol–water partition coefficient (Wildman–Crippen LogP) is 6.77. The van der Waals surface area contributed by atoms with Crippen molar-refractivity contribution in [2.75, 3.05) is 13.1 Å². The zero-order chi connectivity index (χ0) is 22.1. The van der Waals surface area contributed by atoms with Crippen molar-refractivity contribution in [2.45, 2.75) is 51.4 Å². The summed E-state index contributed by atoms with van der Waals surface area (Å²) in [6, 6.07) is 26.2. The Balaban J connectivity index is 1.51. The van der Waals surface area contributed by atoms with Crippen LogP contribution in [-0.4, -0.2) is 30.1 Å². The SMILES string of the molecule is Cc1cc(C)cc(CO[C@@H]2C3CCN(CC3)[C@@H]2[C@H](c2ccccc2)c2ccccc2Cl)c1. The van der Waals surface area contributed by atoms with Crippen LogP contribution in [0, 0.1) is 19.8 Å². The lowest BCUT2D eigenvalue weighted by Gasteiger charge is -2.53. The number of aryl methyl sites for hydroxylation is 2. The van der Waals surface area contributed by atoms with Crippen LogP contribution in [0.3, 0.4) is 0 Å². The van der Waals surface area contributed by atoms with E-state index < -0.39 is 0 Å². The summed E-state index contributed by atoms with van der Waals surface area (Å²) >= 11 is 6.79. The molecular formula is C29H32ClNO. The third-order valence-electron chi connectivity index (χ3n) is 7.26. The number of halogens is 1. The Kier molecular flexibility index (Phi) is 6.37. The van der Waals surface area contributed by atoms with E-state index >= 15 is 0 Å². The summed E-state index contributed by atoms with van der Waals surface area (Å²) in [5, 5.41) is 0.844. The summed E-state index contributed by atoms with van der Waals surface area (Å²) in [5.41, 5.74) is 6.39. The van der Waals surface area contributed by atoms with Crippen molar-refractivity contribution in [2.24, 2.45) is 5.92 Å². The molecule has 0 N–H and O–H groups in total. The van der Waals surface area contributed by atoms with Crippen molar-refractivity contribution in [3.63, 3.8) is 0 Å². The smallest absolute Gasteiger partial charge is 0.0773 e. The molecule has 3 aliphatic rings. The van der Waals surface area contributed by atoms with Gasteiger partial charge in [0.1, 0.15) is 0 Å². The van der Waals surface area contributed by atoms with E-state index in [2.05, 4.69) is 79.4 Å². The summed E-state index contributed by atoms with van der Waals surface area (Å²) < 4.78 is 6.80. The number of piperidine rings is 3. The van der Waals surface area contributed by atoms with E-state index in [0.717, 1.165) is 18.1 Å². The van der Waals surface area contributed by atoms with Crippen molar-refractivity contribution in [1.29, 1.82) is 0 Å². The Morgan fingerprint density at radius 2 is 1.56 bits per heavy atom. The van der Waals surface area contributed by atoms with E-state index in [1.165, 1.54) is 40.7 Å². The molecule has 3 heteroatoms. The number of hydrogen-bond acceptors (Lipinski definition) is 2. The van der Waals surface area contributed by atoms with E-state index in [1.807, 2.05) is 12.1 Å². The lowest BCUT2D eigenvalue weighted by Crippen LogP contribution is -2.60. The summed E-state index contributed by atoms with van der Waals surface area (Å²) in [4.78, 5) is 2.66.